The lowest BCUT2D eigenvalue weighted by atomic mass is 9.74. The summed E-state index contributed by atoms with van der Waals surface area (Å²) in [5, 5.41) is 3.58. The number of fused-ring (bicyclic) bond motifs is 2. The van der Waals surface area contributed by atoms with Crippen molar-refractivity contribution >= 4 is 29.0 Å². The van der Waals surface area contributed by atoms with Crippen LogP contribution in [0.15, 0.2) is 41.2 Å². The monoisotopic (exact) mass is 453 g/mol. The van der Waals surface area contributed by atoms with Crippen molar-refractivity contribution in [3.05, 3.63) is 62.6 Å². The minimum absolute atomic E-state index is 0.195. The number of H-pyrrole nitrogens is 1. The summed E-state index contributed by atoms with van der Waals surface area (Å²) in [5.74, 6) is 1.25. The summed E-state index contributed by atoms with van der Waals surface area (Å²) in [6.45, 7) is 1.93. The molecular weight excluding hydrogens is 430 g/mol. The van der Waals surface area contributed by atoms with Gasteiger partial charge in [-0.05, 0) is 61.0 Å². The van der Waals surface area contributed by atoms with Crippen molar-refractivity contribution < 1.29 is 19.0 Å². The topological polar surface area (TPSA) is 94.6 Å². The molecule has 3 aromatic rings. The smallest absolute Gasteiger partial charge is 0.261 e. The standard InChI is InChI=1S/C23H23N3O5S/c1-26-21(28)16-4-2-14(10-17(16)25-22(26)32)20(27)24-12-23(6-8-29-9-7-23)15-3-5-18-19(11-15)31-13-30-18/h2-5,10-11H,6-9,12-13H2,1H3,(H,24,27)(H,25,32). The third-order valence-corrected chi connectivity index (χ3v) is 6.76. The molecule has 32 heavy (non-hydrogen) atoms. The second-order valence-corrected chi connectivity index (χ2v) is 8.58. The molecule has 2 aliphatic rings. The maximum absolute atomic E-state index is 13.0. The van der Waals surface area contributed by atoms with E-state index in [0.29, 0.717) is 41.0 Å². The Morgan fingerprint density at radius 1 is 1.16 bits per heavy atom. The van der Waals surface area contributed by atoms with Crippen molar-refractivity contribution in [2.75, 3.05) is 26.6 Å². The zero-order valence-electron chi connectivity index (χ0n) is 17.6. The number of ether oxygens (including phenoxy) is 3. The lowest BCUT2D eigenvalue weighted by Gasteiger charge is -2.38. The van der Waals surface area contributed by atoms with Crippen molar-refractivity contribution in [1.82, 2.24) is 14.9 Å². The molecule has 0 aliphatic carbocycles. The van der Waals surface area contributed by atoms with Gasteiger partial charge in [0, 0.05) is 37.8 Å². The Hall–Kier alpha value is -3.17. The van der Waals surface area contributed by atoms with Crippen molar-refractivity contribution in [2.45, 2.75) is 18.3 Å². The summed E-state index contributed by atoms with van der Waals surface area (Å²) in [7, 11) is 1.62. The minimum atomic E-state index is -0.262. The number of rotatable bonds is 4. The third kappa shape index (κ3) is 3.57. The van der Waals surface area contributed by atoms with E-state index in [0.717, 1.165) is 29.9 Å². The van der Waals surface area contributed by atoms with Crippen LogP contribution >= 0.6 is 12.2 Å². The third-order valence-electron chi connectivity index (χ3n) is 6.39. The highest BCUT2D eigenvalue weighted by Crippen LogP contribution is 2.40. The number of aromatic nitrogens is 2. The Kier molecular flexibility index (Phi) is 5.22. The van der Waals surface area contributed by atoms with Crippen LogP contribution in [0.4, 0.5) is 0 Å². The van der Waals surface area contributed by atoms with Gasteiger partial charge in [0.05, 0.1) is 10.9 Å². The molecular formula is C23H23N3O5S. The number of hydrogen-bond acceptors (Lipinski definition) is 6. The first-order valence-electron chi connectivity index (χ1n) is 10.5. The lowest BCUT2D eigenvalue weighted by Crippen LogP contribution is -2.44. The van der Waals surface area contributed by atoms with E-state index in [1.165, 1.54) is 4.57 Å². The van der Waals surface area contributed by atoms with Crippen LogP contribution in [-0.4, -0.2) is 42.0 Å². The maximum Gasteiger partial charge on any atom is 0.261 e. The van der Waals surface area contributed by atoms with Gasteiger partial charge in [-0.1, -0.05) is 6.07 Å². The molecule has 9 heteroatoms. The Morgan fingerprint density at radius 3 is 2.75 bits per heavy atom. The van der Waals surface area contributed by atoms with E-state index in [4.69, 9.17) is 26.4 Å². The summed E-state index contributed by atoms with van der Waals surface area (Å²) in [6.07, 6.45) is 1.57. The average molecular weight is 454 g/mol. The van der Waals surface area contributed by atoms with Crippen molar-refractivity contribution in [1.29, 1.82) is 0 Å². The van der Waals surface area contributed by atoms with E-state index in [-0.39, 0.29) is 23.7 Å². The molecule has 8 nitrogen and oxygen atoms in total. The number of benzene rings is 2. The summed E-state index contributed by atoms with van der Waals surface area (Å²) in [4.78, 5) is 28.4. The van der Waals surface area contributed by atoms with Crippen LogP contribution in [0.5, 0.6) is 11.5 Å². The molecule has 1 aromatic heterocycles. The van der Waals surface area contributed by atoms with E-state index < -0.39 is 0 Å². The van der Waals surface area contributed by atoms with Gasteiger partial charge in [-0.25, -0.2) is 0 Å². The number of nitrogens with one attached hydrogen (secondary N) is 2. The summed E-state index contributed by atoms with van der Waals surface area (Å²) in [6, 6.07) is 10.9. The van der Waals surface area contributed by atoms with Gasteiger partial charge in [-0.15, -0.1) is 0 Å². The molecule has 0 spiro atoms. The fourth-order valence-corrected chi connectivity index (χ4v) is 4.55. The lowest BCUT2D eigenvalue weighted by molar-refractivity contribution is 0.0486. The van der Waals surface area contributed by atoms with Gasteiger partial charge in [0.1, 0.15) is 0 Å². The molecule has 2 N–H and O–H groups in total. The van der Waals surface area contributed by atoms with Crippen LogP contribution < -0.4 is 20.3 Å². The first-order valence-corrected chi connectivity index (χ1v) is 10.9. The van der Waals surface area contributed by atoms with E-state index in [1.54, 1.807) is 25.2 Å². The summed E-state index contributed by atoms with van der Waals surface area (Å²) >= 11 is 5.19. The molecule has 1 fully saturated rings. The Balaban J connectivity index is 1.41. The number of carbonyl (C=O) groups is 1. The number of nitrogens with zero attached hydrogens (tertiary/aromatic N) is 1. The first-order chi connectivity index (χ1) is 15.5. The fourth-order valence-electron chi connectivity index (χ4n) is 4.35. The zero-order chi connectivity index (χ0) is 22.3. The zero-order valence-corrected chi connectivity index (χ0v) is 18.4. The largest absolute Gasteiger partial charge is 0.454 e. The summed E-state index contributed by atoms with van der Waals surface area (Å²) in [5.41, 5.74) is 1.64. The molecule has 0 radical (unpaired) electrons. The van der Waals surface area contributed by atoms with E-state index in [1.807, 2.05) is 18.2 Å². The van der Waals surface area contributed by atoms with Crippen molar-refractivity contribution in [2.24, 2.45) is 7.05 Å². The highest BCUT2D eigenvalue weighted by molar-refractivity contribution is 7.71. The van der Waals surface area contributed by atoms with Crippen LogP contribution in [0.25, 0.3) is 10.9 Å². The molecule has 2 aromatic carbocycles. The van der Waals surface area contributed by atoms with E-state index in [2.05, 4.69) is 10.3 Å². The van der Waals surface area contributed by atoms with Crippen LogP contribution in [0.3, 0.4) is 0 Å². The predicted octanol–water partition coefficient (Wildman–Crippen LogP) is 2.80. The average Bonchev–Trinajstić information content (AvgIpc) is 3.29. The highest BCUT2D eigenvalue weighted by atomic mass is 32.1. The molecule has 166 valence electrons. The molecule has 0 unspecified atom stereocenters. The number of aromatic amines is 1. The maximum atomic E-state index is 13.0. The molecule has 1 amide bonds. The Bertz CT molecular complexity index is 1320. The van der Waals surface area contributed by atoms with Crippen LogP contribution in [0.2, 0.25) is 0 Å². The van der Waals surface area contributed by atoms with Gasteiger partial charge < -0.3 is 24.5 Å². The molecule has 0 saturated carbocycles. The quantitative estimate of drug-likeness (QED) is 0.590. The van der Waals surface area contributed by atoms with Gasteiger partial charge >= 0.3 is 0 Å². The Morgan fingerprint density at radius 2 is 1.94 bits per heavy atom. The van der Waals surface area contributed by atoms with Crippen LogP contribution in [-0.2, 0) is 17.2 Å². The second-order valence-electron chi connectivity index (χ2n) is 8.20. The van der Waals surface area contributed by atoms with Gasteiger partial charge in [0.2, 0.25) is 6.79 Å². The molecule has 0 atom stereocenters. The Labute approximate surface area is 189 Å². The number of carbonyl (C=O) groups excluding carboxylic acids is 1. The molecule has 3 heterocycles. The van der Waals surface area contributed by atoms with Crippen LogP contribution in [0.1, 0.15) is 28.8 Å². The molecule has 1 saturated heterocycles. The normalized spacial score (nSPS) is 16.8. The van der Waals surface area contributed by atoms with Crippen molar-refractivity contribution in [3.63, 3.8) is 0 Å². The molecule has 2 aliphatic heterocycles. The number of hydrogen-bond donors (Lipinski definition) is 2. The fraction of sp³-hybridized carbons (Fsp3) is 0.348. The van der Waals surface area contributed by atoms with E-state index >= 15 is 0 Å². The first kappa shape index (κ1) is 20.7. The van der Waals surface area contributed by atoms with Crippen LogP contribution in [0, 0.1) is 4.77 Å². The predicted molar refractivity (Wildman–Crippen MR) is 121 cm³/mol. The molecule has 5 rings (SSSR count). The van der Waals surface area contributed by atoms with Gasteiger partial charge in [0.15, 0.2) is 16.3 Å². The van der Waals surface area contributed by atoms with Crippen molar-refractivity contribution in [3.8, 4) is 11.5 Å². The van der Waals surface area contributed by atoms with Gasteiger partial charge in [-0.2, -0.15) is 0 Å². The minimum Gasteiger partial charge on any atom is -0.454 e. The van der Waals surface area contributed by atoms with Gasteiger partial charge in [-0.3, -0.25) is 14.2 Å². The van der Waals surface area contributed by atoms with E-state index in [9.17, 15) is 9.59 Å². The number of amides is 1. The van der Waals surface area contributed by atoms with Gasteiger partial charge in [0.25, 0.3) is 11.5 Å². The second kappa shape index (κ2) is 8.07. The summed E-state index contributed by atoms with van der Waals surface area (Å²) < 4.78 is 18.3. The SMILES string of the molecule is Cn1c(=S)[nH]c2cc(C(=O)NCC3(c4ccc5c(c4)OCO5)CCOCC3)ccc2c1=O. The molecule has 0 bridgehead atoms. The highest BCUT2D eigenvalue weighted by Gasteiger charge is 2.36.